The molecule has 0 aromatic carbocycles. The molecule has 1 N–H and O–H groups in total. The topological polar surface area (TPSA) is 37.3 Å². The van der Waals surface area contributed by atoms with Gasteiger partial charge in [0.1, 0.15) is 0 Å². The number of carboxylic acids is 1. The summed E-state index contributed by atoms with van der Waals surface area (Å²) in [7, 11) is 0. The number of hydrogen-bond acceptors (Lipinski definition) is 1. The summed E-state index contributed by atoms with van der Waals surface area (Å²) in [5.74, 6) is -0.271. The summed E-state index contributed by atoms with van der Waals surface area (Å²) in [5.41, 5.74) is 0. The Morgan fingerprint density at radius 3 is 2.08 bits per heavy atom. The van der Waals surface area contributed by atoms with Gasteiger partial charge in [-0.2, -0.15) is 0 Å². The van der Waals surface area contributed by atoms with Gasteiger partial charge in [0, 0.05) is 0 Å². The first-order chi connectivity index (χ1) is 6.13. The zero-order valence-electron chi connectivity index (χ0n) is 9.05. The maximum atomic E-state index is 10.6. The summed E-state index contributed by atoms with van der Waals surface area (Å²) >= 11 is 0. The van der Waals surface area contributed by atoms with Gasteiger partial charge in [-0.15, -0.1) is 0 Å². The maximum Gasteiger partial charge on any atom is 0.306 e. The van der Waals surface area contributed by atoms with Crippen molar-refractivity contribution in [2.45, 2.75) is 52.9 Å². The third-order valence-electron chi connectivity index (χ3n) is 2.43. The number of carboxylic acid groups (broad SMARTS) is 1. The monoisotopic (exact) mass is 186 g/mol. The molecule has 1 fully saturated rings. The van der Waals surface area contributed by atoms with Gasteiger partial charge in [-0.25, -0.2) is 0 Å². The minimum atomic E-state index is -0.604. The van der Waals surface area contributed by atoms with Crippen LogP contribution < -0.4 is 0 Å². The first kappa shape index (κ1) is 12.5. The van der Waals surface area contributed by atoms with Gasteiger partial charge in [0.15, 0.2) is 0 Å². The molecule has 78 valence electrons. The summed E-state index contributed by atoms with van der Waals surface area (Å²) < 4.78 is 0. The summed E-state index contributed by atoms with van der Waals surface area (Å²) in [6, 6.07) is 0. The Labute approximate surface area is 81.3 Å². The van der Waals surface area contributed by atoms with Crippen LogP contribution >= 0.6 is 0 Å². The molecule has 2 nitrogen and oxygen atoms in total. The molecule has 1 saturated carbocycles. The van der Waals surface area contributed by atoms with Crippen molar-refractivity contribution in [1.82, 2.24) is 0 Å². The average molecular weight is 186 g/mol. The quantitative estimate of drug-likeness (QED) is 0.682. The van der Waals surface area contributed by atoms with Crippen molar-refractivity contribution in [3.8, 4) is 0 Å². The number of carbonyl (C=O) groups is 1. The molecule has 0 radical (unpaired) electrons. The van der Waals surface area contributed by atoms with Crippen molar-refractivity contribution in [2.75, 3.05) is 0 Å². The second-order valence-corrected chi connectivity index (χ2v) is 3.91. The molecule has 0 spiro atoms. The van der Waals surface area contributed by atoms with Crippen LogP contribution in [0.1, 0.15) is 52.9 Å². The van der Waals surface area contributed by atoms with E-state index in [1.807, 2.05) is 6.92 Å². The molecule has 0 saturated heterocycles. The Morgan fingerprint density at radius 1 is 1.31 bits per heavy atom. The van der Waals surface area contributed by atoms with Gasteiger partial charge in [-0.1, -0.05) is 40.0 Å². The molecule has 2 heteroatoms. The Hall–Kier alpha value is -0.530. The van der Waals surface area contributed by atoms with Crippen molar-refractivity contribution >= 4 is 5.97 Å². The second-order valence-electron chi connectivity index (χ2n) is 3.91. The fraction of sp³-hybridized carbons (Fsp3) is 0.909. The predicted molar refractivity (Wildman–Crippen MR) is 54.7 cm³/mol. The lowest BCUT2D eigenvalue weighted by molar-refractivity contribution is -0.144. The maximum absolute atomic E-state index is 10.6. The van der Waals surface area contributed by atoms with Crippen LogP contribution in [-0.4, -0.2) is 11.1 Å². The van der Waals surface area contributed by atoms with E-state index in [1.54, 1.807) is 0 Å². The normalized spacial score (nSPS) is 27.3. The highest BCUT2D eigenvalue weighted by molar-refractivity contribution is 5.70. The number of hydrogen-bond donors (Lipinski definition) is 1. The fourth-order valence-corrected chi connectivity index (χ4v) is 1.68. The van der Waals surface area contributed by atoms with E-state index in [1.165, 1.54) is 12.8 Å². The van der Waals surface area contributed by atoms with E-state index in [0.717, 1.165) is 19.3 Å². The van der Waals surface area contributed by atoms with Crippen molar-refractivity contribution in [3.63, 3.8) is 0 Å². The van der Waals surface area contributed by atoms with Crippen LogP contribution in [0.5, 0.6) is 0 Å². The Kier molecular flexibility index (Phi) is 6.65. The van der Waals surface area contributed by atoms with Crippen molar-refractivity contribution in [3.05, 3.63) is 0 Å². The second kappa shape index (κ2) is 6.93. The predicted octanol–water partition coefficient (Wildman–Crippen LogP) is 3.31. The minimum absolute atomic E-state index is 0.0613. The van der Waals surface area contributed by atoms with E-state index >= 15 is 0 Å². The lowest BCUT2D eigenvalue weighted by Gasteiger charge is -2.24. The van der Waals surface area contributed by atoms with E-state index in [0.29, 0.717) is 5.92 Å². The van der Waals surface area contributed by atoms with Gasteiger partial charge in [-0.3, -0.25) is 4.79 Å². The van der Waals surface area contributed by atoms with E-state index < -0.39 is 5.97 Å². The van der Waals surface area contributed by atoms with Crippen LogP contribution in [0.2, 0.25) is 0 Å². The smallest absolute Gasteiger partial charge is 0.306 e. The third kappa shape index (κ3) is 4.91. The third-order valence-corrected chi connectivity index (χ3v) is 2.43. The number of rotatable bonds is 1. The Balaban J connectivity index is 0.000000424. The first-order valence-electron chi connectivity index (χ1n) is 5.36. The molecule has 0 aliphatic heterocycles. The molecule has 1 aliphatic rings. The molecule has 13 heavy (non-hydrogen) atoms. The summed E-state index contributed by atoms with van der Waals surface area (Å²) in [6.07, 6.45) is 5.54. The molecule has 0 aromatic heterocycles. The highest BCUT2D eigenvalue weighted by atomic mass is 16.4. The first-order valence-corrected chi connectivity index (χ1v) is 5.36. The van der Waals surface area contributed by atoms with Crippen LogP contribution in [0.15, 0.2) is 0 Å². The van der Waals surface area contributed by atoms with Gasteiger partial charge >= 0.3 is 5.97 Å². The van der Waals surface area contributed by atoms with Crippen LogP contribution in [0.3, 0.4) is 0 Å². The van der Waals surface area contributed by atoms with Crippen molar-refractivity contribution < 1.29 is 9.90 Å². The lowest BCUT2D eigenvalue weighted by atomic mass is 9.81. The van der Waals surface area contributed by atoms with Crippen molar-refractivity contribution in [2.24, 2.45) is 11.8 Å². The van der Waals surface area contributed by atoms with E-state index in [2.05, 4.69) is 13.8 Å². The van der Waals surface area contributed by atoms with Crippen LogP contribution in [0.25, 0.3) is 0 Å². The zero-order chi connectivity index (χ0) is 10.3. The lowest BCUT2D eigenvalue weighted by Crippen LogP contribution is -2.24. The molecular weight excluding hydrogens is 164 g/mol. The molecule has 2 unspecified atom stereocenters. The molecule has 2 atom stereocenters. The largest absolute Gasteiger partial charge is 0.481 e. The standard InChI is InChI=1S/C8H14O2.C3H8/c1-6-4-2-3-5-7(6)8(9)10;1-3-2/h6-7H,2-5H2,1H3,(H,9,10);3H2,1-2H3. The molecule has 0 amide bonds. The van der Waals surface area contributed by atoms with E-state index in [9.17, 15) is 4.79 Å². The molecule has 0 heterocycles. The fourth-order valence-electron chi connectivity index (χ4n) is 1.68. The van der Waals surface area contributed by atoms with Gasteiger partial charge in [0.05, 0.1) is 5.92 Å². The Morgan fingerprint density at radius 2 is 1.77 bits per heavy atom. The highest BCUT2D eigenvalue weighted by Gasteiger charge is 2.26. The minimum Gasteiger partial charge on any atom is -0.481 e. The van der Waals surface area contributed by atoms with Gasteiger partial charge in [0.2, 0.25) is 0 Å². The molecular formula is C11H22O2. The SMILES string of the molecule is CC1CCCCC1C(=O)O.CCC. The average Bonchev–Trinajstić information content (AvgIpc) is 2.06. The van der Waals surface area contributed by atoms with Gasteiger partial charge < -0.3 is 5.11 Å². The molecule has 0 bridgehead atoms. The van der Waals surface area contributed by atoms with Gasteiger partial charge in [-0.05, 0) is 18.8 Å². The number of aliphatic carboxylic acids is 1. The summed E-state index contributed by atoms with van der Waals surface area (Å²) in [5, 5.41) is 8.71. The van der Waals surface area contributed by atoms with Crippen LogP contribution in [0.4, 0.5) is 0 Å². The molecule has 0 aromatic rings. The van der Waals surface area contributed by atoms with Crippen LogP contribution in [-0.2, 0) is 4.79 Å². The van der Waals surface area contributed by atoms with Crippen molar-refractivity contribution in [1.29, 1.82) is 0 Å². The highest BCUT2D eigenvalue weighted by Crippen LogP contribution is 2.29. The Bertz CT molecular complexity index is 143. The van der Waals surface area contributed by atoms with Gasteiger partial charge in [0.25, 0.3) is 0 Å². The van der Waals surface area contributed by atoms with E-state index in [4.69, 9.17) is 5.11 Å². The summed E-state index contributed by atoms with van der Waals surface area (Å²) in [4.78, 5) is 10.6. The molecule has 1 aliphatic carbocycles. The zero-order valence-corrected chi connectivity index (χ0v) is 9.05. The van der Waals surface area contributed by atoms with Crippen LogP contribution in [0, 0.1) is 11.8 Å². The molecule has 1 rings (SSSR count). The van der Waals surface area contributed by atoms with E-state index in [-0.39, 0.29) is 5.92 Å². The summed E-state index contributed by atoms with van der Waals surface area (Å²) in [6.45, 7) is 6.29.